The van der Waals surface area contributed by atoms with Crippen molar-refractivity contribution in [2.75, 3.05) is 7.11 Å². The molecule has 1 aromatic heterocycles. The molecule has 0 bridgehead atoms. The first kappa shape index (κ1) is 10.7. The fourth-order valence-electron chi connectivity index (χ4n) is 1.28. The van der Waals surface area contributed by atoms with Gasteiger partial charge in [-0.25, -0.2) is 0 Å². The Labute approximate surface area is 86.4 Å². The molecule has 1 aromatic rings. The average molecular weight is 248 g/mol. The van der Waals surface area contributed by atoms with Gasteiger partial charge in [-0.2, -0.15) is 0 Å². The van der Waals surface area contributed by atoms with E-state index in [1.807, 2.05) is 0 Å². The number of hydrogen-bond donors (Lipinski definition) is 0. The van der Waals surface area contributed by atoms with Crippen molar-refractivity contribution in [2.24, 2.45) is 0 Å². The molecule has 0 fully saturated rings. The number of ether oxygens (including phenoxy) is 1. The number of alkyl halides is 1. The molecule has 74 valence electrons. The minimum absolute atomic E-state index is 0.368. The Kier molecular flexibility index (Phi) is 3.87. The predicted molar refractivity (Wildman–Crippen MR) is 53.8 cm³/mol. The van der Waals surface area contributed by atoms with Crippen molar-refractivity contribution in [1.82, 2.24) is 14.8 Å². The van der Waals surface area contributed by atoms with Crippen molar-refractivity contribution in [3.8, 4) is 0 Å². The lowest BCUT2D eigenvalue weighted by atomic mass is 10.3. The molecule has 0 aliphatic carbocycles. The SMILES string of the molecule is COCc1nnc(CBr)n1C(C)C. The van der Waals surface area contributed by atoms with Crippen LogP contribution in [0.5, 0.6) is 0 Å². The van der Waals surface area contributed by atoms with Crippen LogP contribution < -0.4 is 0 Å². The summed E-state index contributed by atoms with van der Waals surface area (Å²) < 4.78 is 7.12. The zero-order valence-corrected chi connectivity index (χ0v) is 9.71. The summed E-state index contributed by atoms with van der Waals surface area (Å²) in [5.74, 6) is 1.83. The highest BCUT2D eigenvalue weighted by Crippen LogP contribution is 2.14. The second kappa shape index (κ2) is 4.72. The second-order valence-electron chi connectivity index (χ2n) is 3.06. The van der Waals surface area contributed by atoms with E-state index < -0.39 is 0 Å². The monoisotopic (exact) mass is 247 g/mol. The summed E-state index contributed by atoms with van der Waals surface area (Å²) in [4.78, 5) is 0. The van der Waals surface area contributed by atoms with E-state index >= 15 is 0 Å². The van der Waals surface area contributed by atoms with Crippen LogP contribution in [-0.2, 0) is 16.7 Å². The molecule has 0 saturated carbocycles. The van der Waals surface area contributed by atoms with Crippen LogP contribution in [0.25, 0.3) is 0 Å². The number of rotatable bonds is 4. The normalized spacial score (nSPS) is 11.2. The van der Waals surface area contributed by atoms with Crippen LogP contribution in [0.15, 0.2) is 0 Å². The molecule has 0 radical (unpaired) electrons. The van der Waals surface area contributed by atoms with Gasteiger partial charge in [-0.3, -0.25) is 0 Å². The lowest BCUT2D eigenvalue weighted by molar-refractivity contribution is 0.172. The van der Waals surface area contributed by atoms with E-state index in [1.54, 1.807) is 7.11 Å². The third-order valence-corrected chi connectivity index (χ3v) is 2.25. The molecular weight excluding hydrogens is 234 g/mol. The number of aromatic nitrogens is 3. The van der Waals surface area contributed by atoms with Crippen LogP contribution in [0, 0.1) is 0 Å². The van der Waals surface area contributed by atoms with Crippen molar-refractivity contribution in [3.05, 3.63) is 11.6 Å². The van der Waals surface area contributed by atoms with Crippen molar-refractivity contribution >= 4 is 15.9 Å². The second-order valence-corrected chi connectivity index (χ2v) is 3.62. The van der Waals surface area contributed by atoms with Gasteiger partial charge in [-0.05, 0) is 13.8 Å². The largest absolute Gasteiger partial charge is 0.377 e. The summed E-state index contributed by atoms with van der Waals surface area (Å²) >= 11 is 3.38. The van der Waals surface area contributed by atoms with Gasteiger partial charge < -0.3 is 9.30 Å². The van der Waals surface area contributed by atoms with Crippen molar-refractivity contribution < 1.29 is 4.74 Å². The van der Waals surface area contributed by atoms with Gasteiger partial charge in [-0.15, -0.1) is 10.2 Å². The van der Waals surface area contributed by atoms with Crippen LogP contribution in [-0.4, -0.2) is 21.9 Å². The lowest BCUT2D eigenvalue weighted by Crippen LogP contribution is -2.09. The summed E-state index contributed by atoms with van der Waals surface area (Å²) in [6.07, 6.45) is 0. The minimum Gasteiger partial charge on any atom is -0.377 e. The smallest absolute Gasteiger partial charge is 0.159 e. The topological polar surface area (TPSA) is 39.9 Å². The van der Waals surface area contributed by atoms with Crippen LogP contribution in [0.2, 0.25) is 0 Å². The highest BCUT2D eigenvalue weighted by molar-refractivity contribution is 9.08. The molecule has 1 heterocycles. The lowest BCUT2D eigenvalue weighted by Gasteiger charge is -2.12. The van der Waals surface area contributed by atoms with Crippen LogP contribution in [0.3, 0.4) is 0 Å². The maximum atomic E-state index is 5.04. The van der Waals surface area contributed by atoms with E-state index in [4.69, 9.17) is 4.74 Å². The zero-order valence-electron chi connectivity index (χ0n) is 8.12. The maximum absolute atomic E-state index is 5.04. The molecule has 0 atom stereocenters. The van der Waals surface area contributed by atoms with Gasteiger partial charge in [-0.1, -0.05) is 15.9 Å². The Morgan fingerprint density at radius 2 is 2.00 bits per heavy atom. The van der Waals surface area contributed by atoms with Gasteiger partial charge in [0.05, 0.1) is 5.33 Å². The molecule has 13 heavy (non-hydrogen) atoms. The van der Waals surface area contributed by atoms with Gasteiger partial charge in [0.15, 0.2) is 5.82 Å². The summed E-state index contributed by atoms with van der Waals surface area (Å²) in [5.41, 5.74) is 0. The van der Waals surface area contributed by atoms with Crippen LogP contribution >= 0.6 is 15.9 Å². The van der Waals surface area contributed by atoms with Gasteiger partial charge in [0, 0.05) is 13.2 Å². The molecule has 0 aliphatic heterocycles. The van der Waals surface area contributed by atoms with E-state index in [9.17, 15) is 0 Å². The van der Waals surface area contributed by atoms with Crippen molar-refractivity contribution in [3.63, 3.8) is 0 Å². The Hall–Kier alpha value is -0.420. The van der Waals surface area contributed by atoms with Gasteiger partial charge >= 0.3 is 0 Å². The maximum Gasteiger partial charge on any atom is 0.159 e. The third kappa shape index (κ3) is 2.28. The number of nitrogens with zero attached hydrogens (tertiary/aromatic N) is 3. The Bertz CT molecular complexity index is 272. The standard InChI is InChI=1S/C8H14BrN3O/c1-6(2)12-7(4-9)10-11-8(12)5-13-3/h6H,4-5H2,1-3H3. The van der Waals surface area contributed by atoms with Crippen LogP contribution in [0.1, 0.15) is 31.5 Å². The first-order valence-corrected chi connectivity index (χ1v) is 5.30. The van der Waals surface area contributed by atoms with Gasteiger partial charge in [0.25, 0.3) is 0 Å². The summed E-state index contributed by atoms with van der Waals surface area (Å²) in [5, 5.41) is 8.84. The van der Waals surface area contributed by atoms with Crippen molar-refractivity contribution in [1.29, 1.82) is 0 Å². The fourth-order valence-corrected chi connectivity index (χ4v) is 1.66. The minimum atomic E-state index is 0.368. The van der Waals surface area contributed by atoms with E-state index in [0.29, 0.717) is 12.6 Å². The first-order chi connectivity index (χ1) is 6.20. The molecule has 4 nitrogen and oxygen atoms in total. The van der Waals surface area contributed by atoms with Gasteiger partial charge in [0.1, 0.15) is 12.4 Å². The third-order valence-electron chi connectivity index (χ3n) is 1.75. The van der Waals surface area contributed by atoms with E-state index in [1.165, 1.54) is 0 Å². The Morgan fingerprint density at radius 1 is 1.38 bits per heavy atom. The van der Waals surface area contributed by atoms with E-state index in [0.717, 1.165) is 17.0 Å². The molecular formula is C8H14BrN3O. The first-order valence-electron chi connectivity index (χ1n) is 4.18. The number of methoxy groups -OCH3 is 1. The Morgan fingerprint density at radius 3 is 2.46 bits per heavy atom. The summed E-state index contributed by atoms with van der Waals surface area (Å²) in [7, 11) is 1.66. The predicted octanol–water partition coefficient (Wildman–Crippen LogP) is 1.90. The molecule has 1 rings (SSSR count). The summed E-state index contributed by atoms with van der Waals surface area (Å²) in [6.45, 7) is 4.72. The van der Waals surface area contributed by atoms with E-state index in [-0.39, 0.29) is 0 Å². The molecule has 0 amide bonds. The van der Waals surface area contributed by atoms with Crippen molar-refractivity contribution in [2.45, 2.75) is 31.8 Å². The molecule has 0 N–H and O–H groups in total. The van der Waals surface area contributed by atoms with Gasteiger partial charge in [0.2, 0.25) is 0 Å². The fraction of sp³-hybridized carbons (Fsp3) is 0.750. The highest BCUT2D eigenvalue weighted by atomic mass is 79.9. The number of halogens is 1. The summed E-state index contributed by atoms with van der Waals surface area (Å²) in [6, 6.07) is 0.368. The Balaban J connectivity index is 2.99. The molecule has 0 saturated heterocycles. The van der Waals surface area contributed by atoms with Crippen LogP contribution in [0.4, 0.5) is 0 Å². The molecule has 5 heteroatoms. The number of hydrogen-bond acceptors (Lipinski definition) is 3. The molecule has 0 aromatic carbocycles. The quantitative estimate of drug-likeness (QED) is 0.764. The molecule has 0 aliphatic rings. The highest BCUT2D eigenvalue weighted by Gasteiger charge is 2.12. The molecule has 0 spiro atoms. The average Bonchev–Trinajstić information content (AvgIpc) is 2.48. The zero-order chi connectivity index (χ0) is 9.84. The van der Waals surface area contributed by atoms with E-state index in [2.05, 4.69) is 44.5 Å². The molecule has 0 unspecified atom stereocenters.